The van der Waals surface area contributed by atoms with Gasteiger partial charge in [-0.2, -0.15) is 0 Å². The van der Waals surface area contributed by atoms with Crippen LogP contribution in [0.2, 0.25) is 0 Å². The zero-order chi connectivity index (χ0) is 18.3. The number of anilines is 1. The van der Waals surface area contributed by atoms with Gasteiger partial charge in [-0.1, -0.05) is 48.5 Å². The smallest absolute Gasteiger partial charge is 0.104 e. The SMILES string of the molecule is c1ccc(C2CCN=C(CCCN3CCOCC3)N2c2ccccc2)cc1. The van der Waals surface area contributed by atoms with Gasteiger partial charge in [0.15, 0.2) is 0 Å². The molecule has 2 aromatic rings. The summed E-state index contributed by atoms with van der Waals surface area (Å²) in [6.45, 7) is 5.89. The van der Waals surface area contributed by atoms with Gasteiger partial charge in [-0.15, -0.1) is 0 Å². The second kappa shape index (κ2) is 9.16. The van der Waals surface area contributed by atoms with Gasteiger partial charge in [0.05, 0.1) is 19.3 Å². The fourth-order valence-corrected chi connectivity index (χ4v) is 4.09. The number of benzene rings is 2. The predicted octanol–water partition coefficient (Wildman–Crippen LogP) is 4.15. The molecule has 4 nitrogen and oxygen atoms in total. The van der Waals surface area contributed by atoms with E-state index in [2.05, 4.69) is 70.5 Å². The average molecular weight is 364 g/mol. The maximum atomic E-state index is 5.46. The van der Waals surface area contributed by atoms with Crippen molar-refractivity contribution in [1.29, 1.82) is 0 Å². The summed E-state index contributed by atoms with van der Waals surface area (Å²) in [5.41, 5.74) is 2.62. The summed E-state index contributed by atoms with van der Waals surface area (Å²) in [6, 6.07) is 22.0. The first-order chi connectivity index (χ1) is 13.4. The molecule has 2 aromatic carbocycles. The third-order valence-electron chi connectivity index (χ3n) is 5.48. The topological polar surface area (TPSA) is 28.1 Å². The molecule has 1 unspecified atom stereocenters. The summed E-state index contributed by atoms with van der Waals surface area (Å²) < 4.78 is 5.46. The van der Waals surface area contributed by atoms with Gasteiger partial charge in [0.2, 0.25) is 0 Å². The molecule has 1 atom stereocenters. The molecule has 2 heterocycles. The van der Waals surface area contributed by atoms with E-state index in [4.69, 9.17) is 9.73 Å². The standard InChI is InChI=1S/C23H29N3O/c1-3-8-20(9-4-1)22-13-14-24-23(26(22)21-10-5-2-6-11-21)12-7-15-25-16-18-27-19-17-25/h1-6,8-11,22H,7,12-19H2. The number of hydrogen-bond acceptors (Lipinski definition) is 4. The Morgan fingerprint density at radius 3 is 2.37 bits per heavy atom. The Morgan fingerprint density at radius 1 is 0.926 bits per heavy atom. The Bertz CT molecular complexity index is 726. The molecule has 0 spiro atoms. The molecule has 0 bridgehead atoms. The molecule has 1 saturated heterocycles. The van der Waals surface area contributed by atoms with Gasteiger partial charge >= 0.3 is 0 Å². The highest BCUT2D eigenvalue weighted by Gasteiger charge is 2.27. The van der Waals surface area contributed by atoms with E-state index in [0.717, 1.165) is 58.7 Å². The lowest BCUT2D eigenvalue weighted by molar-refractivity contribution is 0.0376. The summed E-state index contributed by atoms with van der Waals surface area (Å²) >= 11 is 0. The molecule has 0 radical (unpaired) electrons. The van der Waals surface area contributed by atoms with Crippen LogP contribution in [-0.4, -0.2) is 50.1 Å². The van der Waals surface area contributed by atoms with Crippen LogP contribution < -0.4 is 4.90 Å². The van der Waals surface area contributed by atoms with Gasteiger partial charge in [-0.3, -0.25) is 9.89 Å². The fraction of sp³-hybridized carbons (Fsp3) is 0.435. The monoisotopic (exact) mass is 363 g/mol. The molecule has 142 valence electrons. The van der Waals surface area contributed by atoms with Crippen molar-refractivity contribution in [3.8, 4) is 0 Å². The Hall–Kier alpha value is -2.17. The second-order valence-electron chi connectivity index (χ2n) is 7.28. The zero-order valence-corrected chi connectivity index (χ0v) is 16.0. The van der Waals surface area contributed by atoms with Crippen LogP contribution in [0.15, 0.2) is 65.7 Å². The van der Waals surface area contributed by atoms with Gasteiger partial charge in [0, 0.05) is 31.7 Å². The lowest BCUT2D eigenvalue weighted by atomic mass is 9.98. The van der Waals surface area contributed by atoms with Crippen molar-refractivity contribution < 1.29 is 4.74 Å². The first kappa shape index (κ1) is 18.2. The number of para-hydroxylation sites is 1. The van der Waals surface area contributed by atoms with E-state index in [0.29, 0.717) is 6.04 Å². The number of nitrogens with zero attached hydrogens (tertiary/aromatic N) is 3. The zero-order valence-electron chi connectivity index (χ0n) is 16.0. The number of rotatable bonds is 6. The average Bonchev–Trinajstić information content (AvgIpc) is 2.75. The highest BCUT2D eigenvalue weighted by Crippen LogP contribution is 2.33. The van der Waals surface area contributed by atoms with Crippen LogP contribution in [0.1, 0.15) is 30.9 Å². The molecule has 2 aliphatic heterocycles. The molecule has 0 aliphatic carbocycles. The van der Waals surface area contributed by atoms with Crippen molar-refractivity contribution >= 4 is 11.5 Å². The molecule has 0 saturated carbocycles. The summed E-state index contributed by atoms with van der Waals surface area (Å²) in [4.78, 5) is 9.92. The van der Waals surface area contributed by atoms with Gasteiger partial charge in [0.1, 0.15) is 5.84 Å². The molecule has 0 N–H and O–H groups in total. The minimum Gasteiger partial charge on any atom is -0.379 e. The number of hydrogen-bond donors (Lipinski definition) is 0. The van der Waals surface area contributed by atoms with Gasteiger partial charge in [0.25, 0.3) is 0 Å². The lowest BCUT2D eigenvalue weighted by Gasteiger charge is -2.38. The van der Waals surface area contributed by atoms with Crippen LogP contribution in [-0.2, 0) is 4.74 Å². The number of ether oxygens (including phenoxy) is 1. The van der Waals surface area contributed by atoms with Crippen LogP contribution in [0.3, 0.4) is 0 Å². The molecule has 27 heavy (non-hydrogen) atoms. The highest BCUT2D eigenvalue weighted by molar-refractivity contribution is 5.99. The largest absolute Gasteiger partial charge is 0.379 e. The number of morpholine rings is 1. The maximum Gasteiger partial charge on any atom is 0.104 e. The second-order valence-corrected chi connectivity index (χ2v) is 7.28. The van der Waals surface area contributed by atoms with E-state index in [-0.39, 0.29) is 0 Å². The van der Waals surface area contributed by atoms with Crippen LogP contribution in [0.25, 0.3) is 0 Å². The quantitative estimate of drug-likeness (QED) is 0.772. The molecule has 1 fully saturated rings. The minimum atomic E-state index is 0.365. The molecule has 4 heteroatoms. The van der Waals surface area contributed by atoms with E-state index < -0.39 is 0 Å². The molecule has 4 rings (SSSR count). The third kappa shape index (κ3) is 4.57. The predicted molar refractivity (Wildman–Crippen MR) is 112 cm³/mol. The van der Waals surface area contributed by atoms with Crippen molar-refractivity contribution in [1.82, 2.24) is 4.90 Å². The Balaban J connectivity index is 1.50. The molecular weight excluding hydrogens is 334 g/mol. The molecular formula is C23H29N3O. The fourth-order valence-electron chi connectivity index (χ4n) is 4.09. The summed E-state index contributed by atoms with van der Waals surface area (Å²) in [5.74, 6) is 1.23. The van der Waals surface area contributed by atoms with Crippen LogP contribution >= 0.6 is 0 Å². The maximum absolute atomic E-state index is 5.46. The lowest BCUT2D eigenvalue weighted by Crippen LogP contribution is -2.40. The van der Waals surface area contributed by atoms with Crippen molar-refractivity contribution in [3.63, 3.8) is 0 Å². The van der Waals surface area contributed by atoms with Gasteiger partial charge in [-0.05, 0) is 37.1 Å². The Kier molecular flexibility index (Phi) is 6.17. The Morgan fingerprint density at radius 2 is 1.63 bits per heavy atom. The van der Waals surface area contributed by atoms with Gasteiger partial charge in [-0.25, -0.2) is 0 Å². The van der Waals surface area contributed by atoms with Crippen molar-refractivity contribution in [2.24, 2.45) is 4.99 Å². The minimum absolute atomic E-state index is 0.365. The van der Waals surface area contributed by atoms with Crippen molar-refractivity contribution in [3.05, 3.63) is 66.2 Å². The van der Waals surface area contributed by atoms with Crippen LogP contribution in [0.4, 0.5) is 5.69 Å². The molecule has 0 aromatic heterocycles. The first-order valence-corrected chi connectivity index (χ1v) is 10.1. The van der Waals surface area contributed by atoms with E-state index in [1.807, 2.05) is 0 Å². The van der Waals surface area contributed by atoms with Crippen molar-refractivity contribution in [2.45, 2.75) is 25.3 Å². The van der Waals surface area contributed by atoms with Crippen LogP contribution in [0, 0.1) is 0 Å². The van der Waals surface area contributed by atoms with E-state index in [1.54, 1.807) is 0 Å². The van der Waals surface area contributed by atoms with Crippen LogP contribution in [0.5, 0.6) is 0 Å². The Labute approximate surface area is 162 Å². The normalized spacial score (nSPS) is 21.1. The highest BCUT2D eigenvalue weighted by atomic mass is 16.5. The van der Waals surface area contributed by atoms with E-state index in [9.17, 15) is 0 Å². The number of amidine groups is 1. The molecule has 0 amide bonds. The van der Waals surface area contributed by atoms with Gasteiger partial charge < -0.3 is 9.64 Å². The summed E-state index contributed by atoms with van der Waals surface area (Å²) in [6.07, 6.45) is 3.23. The third-order valence-corrected chi connectivity index (χ3v) is 5.48. The van der Waals surface area contributed by atoms with E-state index >= 15 is 0 Å². The molecule has 2 aliphatic rings. The van der Waals surface area contributed by atoms with Crippen molar-refractivity contribution in [2.75, 3.05) is 44.3 Å². The first-order valence-electron chi connectivity index (χ1n) is 10.1. The van der Waals surface area contributed by atoms with E-state index in [1.165, 1.54) is 17.1 Å². The summed E-state index contributed by atoms with van der Waals surface area (Å²) in [5, 5.41) is 0. The number of aliphatic imine (C=N–C) groups is 1. The summed E-state index contributed by atoms with van der Waals surface area (Å²) in [7, 11) is 0.